The van der Waals surface area contributed by atoms with Crippen LogP contribution in [0.1, 0.15) is 5.56 Å². The van der Waals surface area contributed by atoms with Crippen LogP contribution in [0.15, 0.2) is 53.5 Å². The number of aromatic hydroxyl groups is 1. The summed E-state index contributed by atoms with van der Waals surface area (Å²) in [5.74, 6) is -0.787. The Morgan fingerprint density at radius 2 is 1.90 bits per heavy atom. The zero-order chi connectivity index (χ0) is 13.7. The lowest BCUT2D eigenvalue weighted by molar-refractivity contribution is 0.432. The van der Waals surface area contributed by atoms with Gasteiger partial charge in [-0.2, -0.15) is 0 Å². The molecule has 0 aliphatic carbocycles. The number of guanidine groups is 1. The van der Waals surface area contributed by atoms with E-state index in [1.165, 1.54) is 12.1 Å². The first-order chi connectivity index (χ1) is 9.15. The Bertz CT molecular complexity index is 590. The zero-order valence-electron chi connectivity index (χ0n) is 10.6. The Balaban J connectivity index is 0.00000200. The molecule has 0 atom stereocenters. The minimum atomic E-state index is -0.665. The molecule has 2 aromatic rings. The molecular weight excluding hydrogens is 372 g/mol. The van der Waals surface area contributed by atoms with E-state index in [0.717, 1.165) is 5.69 Å². The average Bonchev–Trinajstić information content (AvgIpc) is 2.41. The number of nitrogens with zero attached hydrogens (tertiary/aromatic N) is 1. The molecule has 6 heteroatoms. The average molecular weight is 387 g/mol. The van der Waals surface area contributed by atoms with Gasteiger partial charge in [-0.1, -0.05) is 24.3 Å². The molecule has 0 heterocycles. The van der Waals surface area contributed by atoms with Crippen LogP contribution in [0.25, 0.3) is 0 Å². The molecule has 0 amide bonds. The summed E-state index contributed by atoms with van der Waals surface area (Å²) in [6, 6.07) is 13.5. The summed E-state index contributed by atoms with van der Waals surface area (Å²) >= 11 is 0. The van der Waals surface area contributed by atoms with Crippen LogP contribution < -0.4 is 11.1 Å². The predicted molar refractivity (Wildman–Crippen MR) is 88.9 cm³/mol. The summed E-state index contributed by atoms with van der Waals surface area (Å²) in [6.45, 7) is 0.239. The lowest BCUT2D eigenvalue weighted by Gasteiger charge is -2.05. The second-order valence-corrected chi connectivity index (χ2v) is 3.98. The molecular formula is C14H15FIN3O. The van der Waals surface area contributed by atoms with Crippen LogP contribution in [0.2, 0.25) is 0 Å². The maximum atomic E-state index is 13.1. The number of nitrogens with two attached hydrogens (primary N) is 1. The van der Waals surface area contributed by atoms with E-state index in [9.17, 15) is 4.39 Å². The first-order valence-corrected chi connectivity index (χ1v) is 5.74. The smallest absolute Gasteiger partial charge is 0.193 e. The Hall–Kier alpha value is -1.83. The summed E-state index contributed by atoms with van der Waals surface area (Å²) in [5, 5.41) is 12.0. The van der Waals surface area contributed by atoms with Crippen molar-refractivity contribution in [2.75, 3.05) is 5.32 Å². The van der Waals surface area contributed by atoms with Crippen LogP contribution in [-0.2, 0) is 6.54 Å². The molecule has 0 radical (unpaired) electrons. The number of hydrogen-bond donors (Lipinski definition) is 3. The summed E-state index contributed by atoms with van der Waals surface area (Å²) < 4.78 is 13.1. The normalized spacial score (nSPS) is 10.8. The third kappa shape index (κ3) is 4.69. The van der Waals surface area contributed by atoms with Crippen molar-refractivity contribution in [3.8, 4) is 5.75 Å². The Morgan fingerprint density at radius 1 is 1.20 bits per heavy atom. The van der Waals surface area contributed by atoms with Gasteiger partial charge in [0.25, 0.3) is 0 Å². The first-order valence-electron chi connectivity index (χ1n) is 5.74. The highest BCUT2D eigenvalue weighted by atomic mass is 127. The van der Waals surface area contributed by atoms with Crippen molar-refractivity contribution in [3.63, 3.8) is 0 Å². The maximum absolute atomic E-state index is 13.1. The van der Waals surface area contributed by atoms with Crippen LogP contribution in [-0.4, -0.2) is 11.1 Å². The summed E-state index contributed by atoms with van der Waals surface area (Å²) in [4.78, 5) is 4.10. The molecule has 0 aliphatic heterocycles. The van der Waals surface area contributed by atoms with Crippen molar-refractivity contribution >= 4 is 35.6 Å². The third-order valence-corrected chi connectivity index (χ3v) is 2.49. The standard InChI is InChI=1S/C14H14FN3O.HI/c15-12-8-10(6-7-13(12)19)9-17-14(16)18-11-4-2-1-3-5-11;/h1-8,19H,9H2,(H3,16,17,18);1H. The number of benzene rings is 2. The Kier molecular flexibility index (Phi) is 6.23. The molecule has 0 fully saturated rings. The molecule has 0 unspecified atom stereocenters. The van der Waals surface area contributed by atoms with Gasteiger partial charge >= 0.3 is 0 Å². The Morgan fingerprint density at radius 3 is 2.55 bits per heavy atom. The van der Waals surface area contributed by atoms with Crippen molar-refractivity contribution in [2.24, 2.45) is 10.7 Å². The van der Waals surface area contributed by atoms with Gasteiger partial charge in [0.2, 0.25) is 0 Å². The second-order valence-electron chi connectivity index (χ2n) is 3.98. The van der Waals surface area contributed by atoms with Gasteiger partial charge < -0.3 is 16.2 Å². The van der Waals surface area contributed by atoms with Crippen molar-refractivity contribution in [2.45, 2.75) is 6.54 Å². The number of aliphatic imine (C=N–C) groups is 1. The lowest BCUT2D eigenvalue weighted by atomic mass is 10.2. The number of halogens is 2. The molecule has 20 heavy (non-hydrogen) atoms. The molecule has 0 aromatic heterocycles. The number of phenolic OH excluding ortho intramolecular Hbond substituents is 1. The van der Waals surface area contributed by atoms with Gasteiger partial charge in [0.05, 0.1) is 6.54 Å². The van der Waals surface area contributed by atoms with E-state index in [1.54, 1.807) is 6.07 Å². The van der Waals surface area contributed by atoms with Gasteiger partial charge in [-0.25, -0.2) is 9.38 Å². The fraction of sp³-hybridized carbons (Fsp3) is 0.0714. The molecule has 0 saturated heterocycles. The van der Waals surface area contributed by atoms with Crippen LogP contribution in [0.3, 0.4) is 0 Å². The summed E-state index contributed by atoms with van der Waals surface area (Å²) in [6.07, 6.45) is 0. The fourth-order valence-electron chi connectivity index (χ4n) is 1.53. The SMILES string of the molecule is I.NC(=NCc1ccc(O)c(F)c1)Nc1ccccc1. The van der Waals surface area contributed by atoms with Gasteiger partial charge in [-0.05, 0) is 29.8 Å². The van der Waals surface area contributed by atoms with Crippen molar-refractivity contribution in [3.05, 3.63) is 59.9 Å². The quantitative estimate of drug-likeness (QED) is 0.431. The van der Waals surface area contributed by atoms with Gasteiger partial charge in [-0.15, -0.1) is 24.0 Å². The van der Waals surface area contributed by atoms with Gasteiger partial charge in [0, 0.05) is 5.69 Å². The second kappa shape index (κ2) is 7.68. The van der Waals surface area contributed by atoms with E-state index in [4.69, 9.17) is 10.8 Å². The van der Waals surface area contributed by atoms with Crippen molar-refractivity contribution in [1.82, 2.24) is 0 Å². The number of nitrogens with one attached hydrogen (secondary N) is 1. The summed E-state index contributed by atoms with van der Waals surface area (Å²) in [5.41, 5.74) is 7.18. The van der Waals surface area contributed by atoms with E-state index in [2.05, 4.69) is 10.3 Å². The van der Waals surface area contributed by atoms with Crippen molar-refractivity contribution in [1.29, 1.82) is 0 Å². The van der Waals surface area contributed by atoms with Crippen LogP contribution in [0.4, 0.5) is 10.1 Å². The number of rotatable bonds is 3. The molecule has 4 nitrogen and oxygen atoms in total. The highest BCUT2D eigenvalue weighted by molar-refractivity contribution is 14.0. The maximum Gasteiger partial charge on any atom is 0.193 e. The number of anilines is 1. The minimum absolute atomic E-state index is 0. The van der Waals surface area contributed by atoms with E-state index in [-0.39, 0.29) is 42.2 Å². The molecule has 2 aromatic carbocycles. The first kappa shape index (κ1) is 16.2. The molecule has 106 valence electrons. The van der Waals surface area contributed by atoms with E-state index in [1.807, 2.05) is 30.3 Å². The number of para-hydroxylation sites is 1. The van der Waals surface area contributed by atoms with Crippen LogP contribution >= 0.6 is 24.0 Å². The summed E-state index contributed by atoms with van der Waals surface area (Å²) in [7, 11) is 0. The van der Waals surface area contributed by atoms with Crippen molar-refractivity contribution < 1.29 is 9.50 Å². The Labute approximate surface area is 133 Å². The number of phenols is 1. The molecule has 0 saturated carbocycles. The van der Waals surface area contributed by atoms with E-state index >= 15 is 0 Å². The van der Waals surface area contributed by atoms with Gasteiger partial charge in [0.1, 0.15) is 0 Å². The molecule has 0 aliphatic rings. The number of hydrogen-bond acceptors (Lipinski definition) is 2. The largest absolute Gasteiger partial charge is 0.505 e. The topological polar surface area (TPSA) is 70.6 Å². The lowest BCUT2D eigenvalue weighted by Crippen LogP contribution is -2.22. The minimum Gasteiger partial charge on any atom is -0.505 e. The monoisotopic (exact) mass is 387 g/mol. The van der Waals surface area contributed by atoms with E-state index < -0.39 is 5.82 Å². The fourth-order valence-corrected chi connectivity index (χ4v) is 1.53. The molecule has 0 bridgehead atoms. The van der Waals surface area contributed by atoms with Gasteiger partial charge in [0.15, 0.2) is 17.5 Å². The molecule has 4 N–H and O–H groups in total. The predicted octanol–water partition coefficient (Wildman–Crippen LogP) is 3.08. The highest BCUT2D eigenvalue weighted by Gasteiger charge is 2.01. The third-order valence-electron chi connectivity index (χ3n) is 2.49. The molecule has 2 rings (SSSR count). The van der Waals surface area contributed by atoms with E-state index in [0.29, 0.717) is 5.56 Å². The van der Waals surface area contributed by atoms with Gasteiger partial charge in [-0.3, -0.25) is 0 Å². The van der Waals surface area contributed by atoms with Crippen LogP contribution in [0.5, 0.6) is 5.75 Å². The molecule has 0 spiro atoms. The highest BCUT2D eigenvalue weighted by Crippen LogP contribution is 2.16. The van der Waals surface area contributed by atoms with Crippen LogP contribution in [0, 0.1) is 5.82 Å². The zero-order valence-corrected chi connectivity index (χ0v) is 12.9.